The SMILES string of the molecule is O=C(COC(O)(C(=O)c1ccccc1)c1ccccc1)c1ccccc1. The first kappa shape index (κ1) is 17.7. The Bertz CT molecular complexity index is 876. The fourth-order valence-corrected chi connectivity index (χ4v) is 2.61. The van der Waals surface area contributed by atoms with Gasteiger partial charge in [0.15, 0.2) is 5.78 Å². The highest BCUT2D eigenvalue weighted by Gasteiger charge is 2.40. The molecule has 0 aromatic heterocycles. The predicted molar refractivity (Wildman–Crippen MR) is 97.8 cm³/mol. The zero-order valence-corrected chi connectivity index (χ0v) is 14.0. The van der Waals surface area contributed by atoms with Crippen LogP contribution in [0.2, 0.25) is 0 Å². The summed E-state index contributed by atoms with van der Waals surface area (Å²) >= 11 is 0. The molecule has 4 heteroatoms. The molecule has 0 aliphatic heterocycles. The number of hydrogen-bond donors (Lipinski definition) is 1. The minimum Gasteiger partial charge on any atom is -0.356 e. The molecule has 0 spiro atoms. The molecule has 1 unspecified atom stereocenters. The smallest absolute Gasteiger partial charge is 0.259 e. The maximum atomic E-state index is 12.9. The summed E-state index contributed by atoms with van der Waals surface area (Å²) in [6.07, 6.45) is 0. The van der Waals surface area contributed by atoms with Gasteiger partial charge in [-0.1, -0.05) is 91.0 Å². The molecule has 26 heavy (non-hydrogen) atoms. The molecule has 0 aliphatic rings. The molecule has 0 radical (unpaired) electrons. The first-order valence-electron chi connectivity index (χ1n) is 8.21. The van der Waals surface area contributed by atoms with Gasteiger partial charge in [0.2, 0.25) is 5.78 Å². The fourth-order valence-electron chi connectivity index (χ4n) is 2.61. The van der Waals surface area contributed by atoms with Crippen molar-refractivity contribution in [3.05, 3.63) is 108 Å². The third-order valence-electron chi connectivity index (χ3n) is 4.02. The van der Waals surface area contributed by atoms with Crippen LogP contribution in [0.4, 0.5) is 0 Å². The van der Waals surface area contributed by atoms with Crippen LogP contribution >= 0.6 is 0 Å². The summed E-state index contributed by atoms with van der Waals surface area (Å²) < 4.78 is 5.50. The molecule has 3 aromatic carbocycles. The Kier molecular flexibility index (Phi) is 5.37. The molecule has 0 aliphatic carbocycles. The molecule has 0 fully saturated rings. The molecule has 0 saturated heterocycles. The molecule has 0 heterocycles. The summed E-state index contributed by atoms with van der Waals surface area (Å²) in [5.41, 5.74) is 1.02. The molecular formula is C22H18O4. The quantitative estimate of drug-likeness (QED) is 0.524. The summed E-state index contributed by atoms with van der Waals surface area (Å²) in [7, 11) is 0. The van der Waals surface area contributed by atoms with E-state index in [0.29, 0.717) is 11.1 Å². The van der Waals surface area contributed by atoms with E-state index >= 15 is 0 Å². The number of aliphatic hydroxyl groups is 1. The minimum absolute atomic E-state index is 0.273. The molecule has 3 aromatic rings. The zero-order chi connectivity index (χ0) is 18.4. The largest absolute Gasteiger partial charge is 0.356 e. The second-order valence-electron chi connectivity index (χ2n) is 5.78. The summed E-state index contributed by atoms with van der Waals surface area (Å²) in [6.45, 7) is -0.423. The van der Waals surface area contributed by atoms with E-state index in [-0.39, 0.29) is 11.3 Å². The van der Waals surface area contributed by atoms with Gasteiger partial charge in [0, 0.05) is 16.7 Å². The standard InChI is InChI=1S/C22H18O4/c23-20(17-10-4-1-5-11-17)16-26-22(25,19-14-8-3-9-15-19)21(24)18-12-6-2-7-13-18/h1-15,25H,16H2. The maximum Gasteiger partial charge on any atom is 0.259 e. The second-order valence-corrected chi connectivity index (χ2v) is 5.78. The number of Topliss-reactive ketones (excluding diaryl/α,β-unsaturated/α-hetero) is 2. The van der Waals surface area contributed by atoms with Crippen molar-refractivity contribution in [2.45, 2.75) is 5.79 Å². The van der Waals surface area contributed by atoms with E-state index in [1.165, 1.54) is 0 Å². The number of hydrogen-bond acceptors (Lipinski definition) is 4. The van der Waals surface area contributed by atoms with Gasteiger partial charge in [0.25, 0.3) is 5.79 Å². The monoisotopic (exact) mass is 346 g/mol. The number of carbonyl (C=O) groups is 2. The lowest BCUT2D eigenvalue weighted by Gasteiger charge is -2.27. The summed E-state index contributed by atoms with van der Waals surface area (Å²) in [6, 6.07) is 25.3. The Labute approximate surface area is 151 Å². The van der Waals surface area contributed by atoms with Gasteiger partial charge in [0.1, 0.15) is 6.61 Å². The summed E-state index contributed by atoms with van der Waals surface area (Å²) in [5.74, 6) is -3.18. The van der Waals surface area contributed by atoms with Crippen molar-refractivity contribution in [1.82, 2.24) is 0 Å². The maximum absolute atomic E-state index is 12.9. The van der Waals surface area contributed by atoms with Gasteiger partial charge in [0.05, 0.1) is 0 Å². The normalized spacial score (nSPS) is 13.0. The molecule has 0 bridgehead atoms. The highest BCUT2D eigenvalue weighted by atomic mass is 16.6. The number of carbonyl (C=O) groups excluding carboxylic acids is 2. The number of ketones is 2. The summed E-state index contributed by atoms with van der Waals surface area (Å²) in [5, 5.41) is 11.1. The van der Waals surface area contributed by atoms with Crippen LogP contribution in [0.1, 0.15) is 26.3 Å². The van der Waals surface area contributed by atoms with Crippen LogP contribution in [0.25, 0.3) is 0 Å². The zero-order valence-electron chi connectivity index (χ0n) is 14.0. The van der Waals surface area contributed by atoms with Gasteiger partial charge in [-0.05, 0) is 0 Å². The van der Waals surface area contributed by atoms with Crippen molar-refractivity contribution >= 4 is 11.6 Å². The first-order valence-corrected chi connectivity index (χ1v) is 8.21. The summed E-state index contributed by atoms with van der Waals surface area (Å²) in [4.78, 5) is 25.3. The van der Waals surface area contributed by atoms with E-state index in [9.17, 15) is 14.7 Å². The Morgan fingerprint density at radius 2 is 1.19 bits per heavy atom. The van der Waals surface area contributed by atoms with Crippen molar-refractivity contribution in [3.63, 3.8) is 0 Å². The lowest BCUT2D eigenvalue weighted by Crippen LogP contribution is -2.40. The van der Waals surface area contributed by atoms with E-state index in [1.54, 1.807) is 91.0 Å². The van der Waals surface area contributed by atoms with Crippen molar-refractivity contribution in [2.24, 2.45) is 0 Å². The average Bonchev–Trinajstić information content (AvgIpc) is 2.73. The van der Waals surface area contributed by atoms with Crippen LogP contribution in [-0.2, 0) is 10.5 Å². The van der Waals surface area contributed by atoms with Crippen molar-refractivity contribution in [1.29, 1.82) is 0 Å². The third kappa shape index (κ3) is 3.77. The number of rotatable bonds is 7. The van der Waals surface area contributed by atoms with E-state index in [0.717, 1.165) is 0 Å². The lowest BCUT2D eigenvalue weighted by atomic mass is 9.96. The molecule has 0 saturated carbocycles. The topological polar surface area (TPSA) is 63.6 Å². The minimum atomic E-state index is -2.24. The Morgan fingerprint density at radius 3 is 1.73 bits per heavy atom. The van der Waals surface area contributed by atoms with Crippen LogP contribution in [0.5, 0.6) is 0 Å². The highest BCUT2D eigenvalue weighted by molar-refractivity contribution is 6.02. The number of benzene rings is 3. The third-order valence-corrected chi connectivity index (χ3v) is 4.02. The predicted octanol–water partition coefficient (Wildman–Crippen LogP) is 3.61. The molecule has 3 rings (SSSR count). The molecule has 0 amide bonds. The molecule has 1 N–H and O–H groups in total. The van der Waals surface area contributed by atoms with Crippen molar-refractivity contribution in [3.8, 4) is 0 Å². The van der Waals surface area contributed by atoms with Crippen LogP contribution in [-0.4, -0.2) is 23.3 Å². The Hall–Kier alpha value is -3.08. The van der Waals surface area contributed by atoms with Gasteiger partial charge in [-0.25, -0.2) is 0 Å². The van der Waals surface area contributed by atoms with Crippen molar-refractivity contribution in [2.75, 3.05) is 6.61 Å². The lowest BCUT2D eigenvalue weighted by molar-refractivity contribution is -0.165. The average molecular weight is 346 g/mol. The van der Waals surface area contributed by atoms with Gasteiger partial charge >= 0.3 is 0 Å². The first-order chi connectivity index (χ1) is 12.6. The van der Waals surface area contributed by atoms with Crippen LogP contribution in [0.3, 0.4) is 0 Å². The Morgan fingerprint density at radius 1 is 0.731 bits per heavy atom. The van der Waals surface area contributed by atoms with E-state index in [2.05, 4.69) is 0 Å². The van der Waals surface area contributed by atoms with Gasteiger partial charge in [-0.15, -0.1) is 0 Å². The van der Waals surface area contributed by atoms with E-state index in [1.807, 2.05) is 0 Å². The van der Waals surface area contributed by atoms with E-state index in [4.69, 9.17) is 4.74 Å². The highest BCUT2D eigenvalue weighted by Crippen LogP contribution is 2.27. The van der Waals surface area contributed by atoms with Gasteiger partial charge in [-0.3, -0.25) is 9.59 Å². The second kappa shape index (κ2) is 7.87. The number of ether oxygens (including phenoxy) is 1. The van der Waals surface area contributed by atoms with E-state index < -0.39 is 18.2 Å². The van der Waals surface area contributed by atoms with Crippen LogP contribution in [0.15, 0.2) is 91.0 Å². The molecule has 4 nitrogen and oxygen atoms in total. The van der Waals surface area contributed by atoms with Gasteiger partial charge in [-0.2, -0.15) is 0 Å². The molecule has 130 valence electrons. The van der Waals surface area contributed by atoms with Crippen molar-refractivity contribution < 1.29 is 19.4 Å². The molecular weight excluding hydrogens is 328 g/mol. The Balaban J connectivity index is 1.89. The van der Waals surface area contributed by atoms with Crippen LogP contribution in [0, 0.1) is 0 Å². The van der Waals surface area contributed by atoms with Gasteiger partial charge < -0.3 is 9.84 Å². The molecule has 1 atom stereocenters. The fraction of sp³-hybridized carbons (Fsp3) is 0.0909. The van der Waals surface area contributed by atoms with Crippen LogP contribution < -0.4 is 0 Å².